The molecule has 2 unspecified atom stereocenters. The molecule has 27 heavy (non-hydrogen) atoms. The second kappa shape index (κ2) is 21.1. The molecule has 148 valence electrons. The summed E-state index contributed by atoms with van der Waals surface area (Å²) >= 11 is 0. The number of hydrogen-bond donors (Lipinski definition) is 3. The molecule has 11 heteroatoms. The molecule has 0 spiro atoms. The van der Waals surface area contributed by atoms with E-state index < -0.39 is 33.2 Å². The molecule has 0 aliphatic heterocycles. The fraction of sp³-hybridized carbons (Fsp3) is 0.875. The number of rotatable bonds is 15. The van der Waals surface area contributed by atoms with Gasteiger partial charge in [0.05, 0.1) is 5.92 Å². The third kappa shape index (κ3) is 18.3. The Morgan fingerprint density at radius 3 is 1.44 bits per heavy atom. The van der Waals surface area contributed by atoms with Gasteiger partial charge in [-0.15, -0.1) is 0 Å². The number of carboxylic acids is 2. The fourth-order valence-electron chi connectivity index (χ4n) is 2.76. The Morgan fingerprint density at radius 2 is 1.15 bits per heavy atom. The predicted octanol–water partition coefficient (Wildman–Crippen LogP) is -5.31. The van der Waals surface area contributed by atoms with E-state index in [0.717, 1.165) is 25.7 Å². The monoisotopic (exact) mass is 438 g/mol. The second-order valence-electron chi connectivity index (χ2n) is 6.19. The van der Waals surface area contributed by atoms with E-state index in [-0.39, 0.29) is 99.4 Å². The van der Waals surface area contributed by atoms with Crippen LogP contribution in [0.1, 0.15) is 81.8 Å². The first-order valence-corrected chi connectivity index (χ1v) is 10.1. The van der Waals surface area contributed by atoms with Gasteiger partial charge in [-0.3, -0.25) is 14.1 Å². The minimum absolute atomic E-state index is 0. The van der Waals surface area contributed by atoms with Crippen LogP contribution in [0.3, 0.4) is 0 Å². The largest absolute Gasteiger partial charge is 1.00 e. The Morgan fingerprint density at radius 1 is 0.778 bits per heavy atom. The van der Waals surface area contributed by atoms with E-state index in [1.54, 1.807) is 0 Å². The van der Waals surface area contributed by atoms with Gasteiger partial charge >= 0.3 is 101 Å². The van der Waals surface area contributed by atoms with Crippen molar-refractivity contribution in [3.8, 4) is 0 Å². The van der Waals surface area contributed by atoms with E-state index >= 15 is 0 Å². The molecular formula is C16H33Na3O7S. The standard InChI is InChI=1S/C16H30O7S.3Na.3H/c1-2-3-4-5-6-7-8-9-10-11-12-13(15(17)18)14(16(19)20)24(21,22)23;;;;;;/h13-14H,2-12H2,1H3,(H,17,18)(H,19,20)(H,21,22,23);;;;;;/q;3*+1;3*-1. The fourth-order valence-corrected chi connectivity index (χ4v) is 3.69. The summed E-state index contributed by atoms with van der Waals surface area (Å²) in [5.74, 6) is -4.99. The molecule has 0 fully saturated rings. The van der Waals surface area contributed by atoms with Crippen molar-refractivity contribution in [2.24, 2.45) is 5.92 Å². The quantitative estimate of drug-likeness (QED) is 0.132. The molecule has 0 heterocycles. The smallest absolute Gasteiger partial charge is 1.00 e. The van der Waals surface area contributed by atoms with Crippen LogP contribution in [0.4, 0.5) is 0 Å². The molecule has 0 radical (unpaired) electrons. The van der Waals surface area contributed by atoms with Crippen molar-refractivity contribution in [2.75, 3.05) is 0 Å². The molecule has 0 aliphatic rings. The number of aliphatic carboxylic acids is 2. The normalized spacial score (nSPS) is 12.7. The van der Waals surface area contributed by atoms with Gasteiger partial charge in [0.25, 0.3) is 10.1 Å². The van der Waals surface area contributed by atoms with Crippen LogP contribution in [0.5, 0.6) is 0 Å². The van der Waals surface area contributed by atoms with Crippen LogP contribution < -0.4 is 88.7 Å². The number of carboxylic acid groups (broad SMARTS) is 2. The van der Waals surface area contributed by atoms with Crippen LogP contribution in [0.15, 0.2) is 0 Å². The molecule has 3 N–H and O–H groups in total. The minimum Gasteiger partial charge on any atom is -1.00 e. The first-order valence-electron chi connectivity index (χ1n) is 8.63. The van der Waals surface area contributed by atoms with Crippen molar-refractivity contribution in [2.45, 2.75) is 82.8 Å². The summed E-state index contributed by atoms with van der Waals surface area (Å²) in [6.07, 6.45) is 10.3. The van der Waals surface area contributed by atoms with Gasteiger partial charge in [-0.05, 0) is 6.42 Å². The van der Waals surface area contributed by atoms with E-state index in [9.17, 15) is 18.0 Å². The Kier molecular flexibility index (Phi) is 28.3. The average molecular weight is 438 g/mol. The van der Waals surface area contributed by atoms with E-state index in [4.69, 9.17) is 14.8 Å². The van der Waals surface area contributed by atoms with Crippen LogP contribution in [-0.2, 0) is 19.7 Å². The number of unbranched alkanes of at least 4 members (excludes halogenated alkanes) is 9. The Bertz CT molecular complexity index is 500. The van der Waals surface area contributed by atoms with E-state index in [0.29, 0.717) is 6.42 Å². The van der Waals surface area contributed by atoms with Gasteiger partial charge in [-0.2, -0.15) is 8.42 Å². The Balaban J connectivity index is -0.000000176. The van der Waals surface area contributed by atoms with E-state index in [2.05, 4.69) is 6.92 Å². The first-order chi connectivity index (χ1) is 11.2. The van der Waals surface area contributed by atoms with Crippen LogP contribution >= 0.6 is 0 Å². The number of hydrogen-bond acceptors (Lipinski definition) is 4. The zero-order valence-electron chi connectivity index (χ0n) is 20.3. The van der Waals surface area contributed by atoms with Crippen LogP contribution in [0, 0.1) is 5.92 Å². The third-order valence-corrected chi connectivity index (χ3v) is 5.29. The molecule has 7 nitrogen and oxygen atoms in total. The molecule has 0 saturated carbocycles. The van der Waals surface area contributed by atoms with Gasteiger partial charge in [0.15, 0.2) is 5.25 Å². The minimum atomic E-state index is -4.95. The second-order valence-corrected chi connectivity index (χ2v) is 7.73. The SMILES string of the molecule is CCCCCCCCCCCCC(C(=O)O)C(C(=O)O)S(=O)(=O)O.[H-].[H-].[H-].[Na+].[Na+].[Na+]. The molecule has 0 bridgehead atoms. The molecule has 0 amide bonds. The van der Waals surface area contributed by atoms with Crippen LogP contribution in [0.2, 0.25) is 0 Å². The first kappa shape index (κ1) is 36.2. The zero-order chi connectivity index (χ0) is 18.6. The van der Waals surface area contributed by atoms with Gasteiger partial charge in [-0.25, -0.2) is 0 Å². The third-order valence-electron chi connectivity index (χ3n) is 4.12. The number of carbonyl (C=O) groups is 2. The summed E-state index contributed by atoms with van der Waals surface area (Å²) < 4.78 is 31.2. The van der Waals surface area contributed by atoms with Gasteiger partial charge in [-0.1, -0.05) is 71.1 Å². The molecule has 0 aromatic rings. The summed E-state index contributed by atoms with van der Waals surface area (Å²) in [6, 6.07) is 0. The van der Waals surface area contributed by atoms with Crippen molar-refractivity contribution < 1.29 is 126 Å². The predicted molar refractivity (Wildman–Crippen MR) is 93.9 cm³/mol. The van der Waals surface area contributed by atoms with Gasteiger partial charge < -0.3 is 14.5 Å². The summed E-state index contributed by atoms with van der Waals surface area (Å²) in [6.45, 7) is 2.17. The molecule has 0 rings (SSSR count). The summed E-state index contributed by atoms with van der Waals surface area (Å²) in [7, 11) is -4.95. The molecule has 2 atom stereocenters. The molecule has 0 aliphatic carbocycles. The van der Waals surface area contributed by atoms with Crippen LogP contribution in [-0.4, -0.2) is 40.4 Å². The van der Waals surface area contributed by atoms with Gasteiger partial charge in [0, 0.05) is 0 Å². The van der Waals surface area contributed by atoms with Gasteiger partial charge in [0.1, 0.15) is 0 Å². The average Bonchev–Trinajstić information content (AvgIpc) is 2.45. The van der Waals surface area contributed by atoms with Crippen molar-refractivity contribution in [1.29, 1.82) is 0 Å². The summed E-state index contributed by atoms with van der Waals surface area (Å²) in [4.78, 5) is 22.1. The topological polar surface area (TPSA) is 129 Å². The van der Waals surface area contributed by atoms with Crippen molar-refractivity contribution in [3.05, 3.63) is 0 Å². The van der Waals surface area contributed by atoms with E-state index in [1.165, 1.54) is 32.1 Å². The molecular weight excluding hydrogens is 405 g/mol. The van der Waals surface area contributed by atoms with Gasteiger partial charge in [0.2, 0.25) is 0 Å². The van der Waals surface area contributed by atoms with E-state index in [1.807, 2.05) is 0 Å². The summed E-state index contributed by atoms with van der Waals surface area (Å²) in [5, 5.41) is 15.6. The van der Waals surface area contributed by atoms with Crippen molar-refractivity contribution >= 4 is 22.1 Å². The summed E-state index contributed by atoms with van der Waals surface area (Å²) in [5.41, 5.74) is 0. The molecule has 0 aromatic carbocycles. The molecule has 0 aromatic heterocycles. The Labute approximate surface area is 233 Å². The van der Waals surface area contributed by atoms with Crippen LogP contribution in [0.25, 0.3) is 0 Å². The van der Waals surface area contributed by atoms with Crippen molar-refractivity contribution in [3.63, 3.8) is 0 Å². The van der Waals surface area contributed by atoms with Crippen molar-refractivity contribution in [1.82, 2.24) is 0 Å². The maximum absolute atomic E-state index is 11.1. The Hall–Kier alpha value is 1.85. The molecule has 0 saturated heterocycles. The maximum Gasteiger partial charge on any atom is 1.00 e. The zero-order valence-corrected chi connectivity index (χ0v) is 24.1. The maximum atomic E-state index is 11.1.